The Labute approximate surface area is 188 Å². The van der Waals surface area contributed by atoms with Crippen molar-refractivity contribution in [2.75, 3.05) is 51.3 Å². The highest BCUT2D eigenvalue weighted by Crippen LogP contribution is 2.15. The van der Waals surface area contributed by atoms with Gasteiger partial charge in [0.1, 0.15) is 5.82 Å². The molecule has 1 fully saturated rings. The normalized spacial score (nSPS) is 15.1. The van der Waals surface area contributed by atoms with Crippen LogP contribution in [0.5, 0.6) is 0 Å². The maximum atomic E-state index is 14.0. The third-order valence-electron chi connectivity index (χ3n) is 5.30. The summed E-state index contributed by atoms with van der Waals surface area (Å²) in [4.78, 5) is 20.4. The Balaban J connectivity index is 1.64. The minimum Gasteiger partial charge on any atom is -0.478 e. The van der Waals surface area contributed by atoms with Crippen LogP contribution in [0.15, 0.2) is 53.5 Å². The summed E-state index contributed by atoms with van der Waals surface area (Å²) in [5.41, 5.74) is 1.61. The van der Waals surface area contributed by atoms with Crippen LogP contribution in [0.2, 0.25) is 0 Å². The standard InChI is InChI=1S/C24H31FN4O3/c1-2-32-16-6-11-26-24(27-21-9-5-8-19(17-21)23(30)31)29-14-12-28(13-15-29)18-20-7-3-4-10-22(20)25/h3-5,7-10,17H,2,6,11-16,18H2,1H3,(H,26,27)(H,30,31). The Morgan fingerprint density at radius 3 is 2.66 bits per heavy atom. The summed E-state index contributed by atoms with van der Waals surface area (Å²) in [6.07, 6.45) is 0.807. The lowest BCUT2D eigenvalue weighted by atomic mass is 10.2. The van der Waals surface area contributed by atoms with E-state index in [1.54, 1.807) is 24.3 Å². The fourth-order valence-corrected chi connectivity index (χ4v) is 3.56. The maximum absolute atomic E-state index is 14.0. The van der Waals surface area contributed by atoms with Gasteiger partial charge in [-0.05, 0) is 37.6 Å². The predicted octanol–water partition coefficient (Wildman–Crippen LogP) is 3.54. The van der Waals surface area contributed by atoms with Crippen LogP contribution in [-0.2, 0) is 11.3 Å². The van der Waals surface area contributed by atoms with Crippen molar-refractivity contribution in [3.8, 4) is 0 Å². The molecule has 0 radical (unpaired) electrons. The van der Waals surface area contributed by atoms with Crippen LogP contribution in [0.25, 0.3) is 0 Å². The maximum Gasteiger partial charge on any atom is 0.335 e. The van der Waals surface area contributed by atoms with E-state index in [4.69, 9.17) is 9.73 Å². The number of hydrogen-bond acceptors (Lipinski definition) is 4. The minimum absolute atomic E-state index is 0.175. The molecule has 1 saturated heterocycles. The van der Waals surface area contributed by atoms with E-state index in [0.29, 0.717) is 37.6 Å². The summed E-state index contributed by atoms with van der Waals surface area (Å²) in [7, 11) is 0. The zero-order chi connectivity index (χ0) is 22.8. The van der Waals surface area contributed by atoms with Crippen molar-refractivity contribution in [1.29, 1.82) is 0 Å². The summed E-state index contributed by atoms with van der Waals surface area (Å²) >= 11 is 0. The predicted molar refractivity (Wildman–Crippen MR) is 124 cm³/mol. The quantitative estimate of drug-likeness (QED) is 0.351. The molecule has 0 atom stereocenters. The lowest BCUT2D eigenvalue weighted by Gasteiger charge is -2.36. The monoisotopic (exact) mass is 442 g/mol. The second-order valence-corrected chi connectivity index (χ2v) is 7.62. The number of nitrogens with one attached hydrogen (secondary N) is 1. The van der Waals surface area contributed by atoms with Gasteiger partial charge in [-0.3, -0.25) is 9.89 Å². The van der Waals surface area contributed by atoms with Crippen LogP contribution in [0, 0.1) is 5.82 Å². The molecule has 1 heterocycles. The van der Waals surface area contributed by atoms with Crippen molar-refractivity contribution >= 4 is 17.6 Å². The second kappa shape index (κ2) is 12.2. The van der Waals surface area contributed by atoms with Crippen molar-refractivity contribution < 1.29 is 19.0 Å². The first-order valence-corrected chi connectivity index (χ1v) is 11.0. The Morgan fingerprint density at radius 1 is 1.16 bits per heavy atom. The molecule has 32 heavy (non-hydrogen) atoms. The van der Waals surface area contributed by atoms with Gasteiger partial charge in [-0.25, -0.2) is 9.18 Å². The van der Waals surface area contributed by atoms with Gasteiger partial charge in [0.25, 0.3) is 0 Å². The van der Waals surface area contributed by atoms with Gasteiger partial charge >= 0.3 is 5.97 Å². The van der Waals surface area contributed by atoms with Gasteiger partial charge in [-0.15, -0.1) is 0 Å². The zero-order valence-corrected chi connectivity index (χ0v) is 18.5. The first kappa shape index (κ1) is 23.7. The molecule has 2 aromatic carbocycles. The van der Waals surface area contributed by atoms with Gasteiger partial charge in [-0.1, -0.05) is 24.3 Å². The molecule has 1 aliphatic heterocycles. The van der Waals surface area contributed by atoms with Gasteiger partial charge in [0, 0.05) is 63.7 Å². The van der Waals surface area contributed by atoms with Crippen LogP contribution in [0.1, 0.15) is 29.3 Å². The molecule has 0 unspecified atom stereocenters. The first-order valence-electron chi connectivity index (χ1n) is 11.0. The number of carbonyl (C=O) groups is 1. The number of aromatic carboxylic acids is 1. The molecule has 0 spiro atoms. The highest BCUT2D eigenvalue weighted by atomic mass is 19.1. The fraction of sp³-hybridized carbons (Fsp3) is 0.417. The molecule has 0 aliphatic carbocycles. The number of nitrogens with zero attached hydrogens (tertiary/aromatic N) is 3. The van der Waals surface area contributed by atoms with E-state index in [-0.39, 0.29) is 11.4 Å². The molecule has 172 valence electrons. The lowest BCUT2D eigenvalue weighted by molar-refractivity contribution is 0.0697. The van der Waals surface area contributed by atoms with E-state index < -0.39 is 5.97 Å². The van der Waals surface area contributed by atoms with E-state index in [9.17, 15) is 14.3 Å². The van der Waals surface area contributed by atoms with Crippen LogP contribution in [0.3, 0.4) is 0 Å². The van der Waals surface area contributed by atoms with Crippen LogP contribution in [0.4, 0.5) is 10.1 Å². The average Bonchev–Trinajstić information content (AvgIpc) is 2.80. The number of piperazine rings is 1. The molecule has 0 aromatic heterocycles. The largest absolute Gasteiger partial charge is 0.478 e. The minimum atomic E-state index is -0.967. The Hall–Kier alpha value is -2.97. The number of aliphatic imine (C=N–C) groups is 1. The zero-order valence-electron chi connectivity index (χ0n) is 18.5. The number of guanidine groups is 1. The van der Waals surface area contributed by atoms with Gasteiger partial charge < -0.3 is 20.1 Å². The molecule has 1 aliphatic rings. The highest BCUT2D eigenvalue weighted by molar-refractivity contribution is 5.95. The summed E-state index contributed by atoms with van der Waals surface area (Å²) in [5.74, 6) is -0.424. The molecular formula is C24H31FN4O3. The Bertz CT molecular complexity index is 914. The van der Waals surface area contributed by atoms with Crippen molar-refractivity contribution in [3.63, 3.8) is 0 Å². The third-order valence-corrected chi connectivity index (χ3v) is 5.30. The molecule has 3 rings (SSSR count). The second-order valence-electron chi connectivity index (χ2n) is 7.62. The van der Waals surface area contributed by atoms with Crippen molar-refractivity contribution in [2.24, 2.45) is 4.99 Å². The van der Waals surface area contributed by atoms with Crippen LogP contribution < -0.4 is 5.32 Å². The molecule has 0 bridgehead atoms. The van der Waals surface area contributed by atoms with Crippen molar-refractivity contribution in [1.82, 2.24) is 9.80 Å². The van der Waals surface area contributed by atoms with Crippen LogP contribution in [-0.4, -0.2) is 72.8 Å². The topological polar surface area (TPSA) is 77.4 Å². The van der Waals surface area contributed by atoms with E-state index in [1.165, 1.54) is 6.07 Å². The highest BCUT2D eigenvalue weighted by Gasteiger charge is 2.21. The fourth-order valence-electron chi connectivity index (χ4n) is 3.56. The summed E-state index contributed by atoms with van der Waals surface area (Å²) in [5, 5.41) is 12.6. The number of carboxylic acids is 1. The molecular weight excluding hydrogens is 411 g/mol. The van der Waals surface area contributed by atoms with E-state index in [2.05, 4.69) is 15.1 Å². The van der Waals surface area contributed by atoms with E-state index in [0.717, 1.165) is 38.6 Å². The van der Waals surface area contributed by atoms with Crippen LogP contribution >= 0.6 is 0 Å². The number of ether oxygens (including phenoxy) is 1. The van der Waals surface area contributed by atoms with Crippen molar-refractivity contribution in [2.45, 2.75) is 19.9 Å². The van der Waals surface area contributed by atoms with Gasteiger partial charge in [-0.2, -0.15) is 0 Å². The molecule has 2 N–H and O–H groups in total. The summed E-state index contributed by atoms with van der Waals surface area (Å²) < 4.78 is 19.4. The van der Waals surface area contributed by atoms with Gasteiger partial charge in [0.2, 0.25) is 0 Å². The molecule has 0 saturated carbocycles. The number of rotatable bonds is 9. The van der Waals surface area contributed by atoms with E-state index >= 15 is 0 Å². The number of halogens is 1. The Kier molecular flexibility index (Phi) is 9.01. The lowest BCUT2D eigenvalue weighted by Crippen LogP contribution is -2.50. The van der Waals surface area contributed by atoms with Gasteiger partial charge in [0.05, 0.1) is 5.56 Å². The first-order chi connectivity index (χ1) is 15.6. The molecule has 0 amide bonds. The number of carboxylic acid groups (broad SMARTS) is 1. The van der Waals surface area contributed by atoms with E-state index in [1.807, 2.05) is 25.1 Å². The summed E-state index contributed by atoms with van der Waals surface area (Å²) in [6.45, 7) is 7.53. The number of benzene rings is 2. The number of hydrogen-bond donors (Lipinski definition) is 2. The molecule has 2 aromatic rings. The van der Waals surface area contributed by atoms with Gasteiger partial charge in [0.15, 0.2) is 5.96 Å². The molecule has 8 heteroatoms. The smallest absolute Gasteiger partial charge is 0.335 e. The third kappa shape index (κ3) is 7.03. The SMILES string of the molecule is CCOCCCN=C(Nc1cccc(C(=O)O)c1)N1CCN(Cc2ccccc2F)CC1. The summed E-state index contributed by atoms with van der Waals surface area (Å²) in [6, 6.07) is 13.6. The molecule has 7 nitrogen and oxygen atoms in total. The number of anilines is 1. The van der Waals surface area contributed by atoms with Crippen molar-refractivity contribution in [3.05, 3.63) is 65.5 Å². The average molecular weight is 443 g/mol. The Morgan fingerprint density at radius 2 is 1.94 bits per heavy atom.